The van der Waals surface area contributed by atoms with Crippen molar-refractivity contribution in [3.8, 4) is 0 Å². The summed E-state index contributed by atoms with van der Waals surface area (Å²) in [7, 11) is 0. The fourth-order valence-electron chi connectivity index (χ4n) is 2.13. The van der Waals surface area contributed by atoms with Crippen molar-refractivity contribution >= 4 is 5.82 Å². The molecule has 1 aromatic rings. The molecule has 0 atom stereocenters. The summed E-state index contributed by atoms with van der Waals surface area (Å²) >= 11 is 0. The van der Waals surface area contributed by atoms with Crippen molar-refractivity contribution in [1.29, 1.82) is 0 Å². The van der Waals surface area contributed by atoms with Gasteiger partial charge in [0.15, 0.2) is 0 Å². The van der Waals surface area contributed by atoms with Crippen LogP contribution < -0.4 is 5.32 Å². The second-order valence-electron chi connectivity index (χ2n) is 4.35. The third-order valence-corrected chi connectivity index (χ3v) is 3.05. The molecule has 1 heterocycles. The molecule has 1 aliphatic rings. The van der Waals surface area contributed by atoms with E-state index >= 15 is 0 Å². The molecule has 0 saturated heterocycles. The van der Waals surface area contributed by atoms with E-state index in [2.05, 4.69) is 16.4 Å². The highest BCUT2D eigenvalue weighted by atomic mass is 15.0. The summed E-state index contributed by atoms with van der Waals surface area (Å²) in [5.41, 5.74) is 1.63. The van der Waals surface area contributed by atoms with Crippen LogP contribution in [0.5, 0.6) is 0 Å². The summed E-state index contributed by atoms with van der Waals surface area (Å²) < 4.78 is 0. The van der Waals surface area contributed by atoms with Crippen LogP contribution in [0.2, 0.25) is 0 Å². The zero-order valence-corrected chi connectivity index (χ0v) is 9.78. The number of nitrogens with one attached hydrogen (secondary N) is 1. The van der Waals surface area contributed by atoms with E-state index in [1.54, 1.807) is 5.57 Å². The highest BCUT2D eigenvalue weighted by Crippen LogP contribution is 2.19. The predicted molar refractivity (Wildman–Crippen MR) is 68.5 cm³/mol. The normalized spacial score (nSPS) is 16.4. The molecule has 2 heteroatoms. The molecule has 0 aromatic carbocycles. The van der Waals surface area contributed by atoms with Crippen LogP contribution in [0.3, 0.4) is 0 Å². The number of hydrogen-bond donors (Lipinski definition) is 1. The minimum atomic E-state index is 0.983. The van der Waals surface area contributed by atoms with Crippen molar-refractivity contribution in [2.75, 3.05) is 11.9 Å². The molecular weight excluding hydrogens is 196 g/mol. The fraction of sp³-hybridized carbons (Fsp3) is 0.500. The molecule has 1 aliphatic carbocycles. The summed E-state index contributed by atoms with van der Waals surface area (Å²) in [5, 5.41) is 3.36. The van der Waals surface area contributed by atoms with Crippen molar-refractivity contribution in [2.45, 2.75) is 38.5 Å². The molecule has 0 unspecified atom stereocenters. The Morgan fingerprint density at radius 1 is 1.19 bits per heavy atom. The van der Waals surface area contributed by atoms with Crippen LogP contribution in [0.1, 0.15) is 38.5 Å². The van der Waals surface area contributed by atoms with Gasteiger partial charge in [-0.3, -0.25) is 0 Å². The van der Waals surface area contributed by atoms with Gasteiger partial charge in [-0.2, -0.15) is 0 Å². The molecule has 86 valence electrons. The van der Waals surface area contributed by atoms with Gasteiger partial charge in [-0.25, -0.2) is 4.98 Å². The molecule has 0 bridgehead atoms. The molecule has 0 spiro atoms. The molecule has 2 nitrogen and oxygen atoms in total. The van der Waals surface area contributed by atoms with Crippen molar-refractivity contribution in [2.24, 2.45) is 0 Å². The topological polar surface area (TPSA) is 24.9 Å². The molecule has 0 aliphatic heterocycles. The first-order valence-electron chi connectivity index (χ1n) is 6.28. The van der Waals surface area contributed by atoms with E-state index < -0.39 is 0 Å². The first-order valence-corrected chi connectivity index (χ1v) is 6.28. The van der Waals surface area contributed by atoms with Gasteiger partial charge in [0.1, 0.15) is 5.82 Å². The van der Waals surface area contributed by atoms with Crippen LogP contribution in [0.4, 0.5) is 5.82 Å². The molecule has 0 amide bonds. The van der Waals surface area contributed by atoms with Crippen LogP contribution in [-0.4, -0.2) is 11.5 Å². The number of rotatable bonds is 4. The Hall–Kier alpha value is -1.31. The molecule has 2 rings (SSSR count). The van der Waals surface area contributed by atoms with Gasteiger partial charge in [0.05, 0.1) is 0 Å². The lowest BCUT2D eigenvalue weighted by Gasteiger charge is -2.07. The molecule has 0 saturated carbocycles. The Bertz CT molecular complexity index is 330. The van der Waals surface area contributed by atoms with Crippen LogP contribution in [-0.2, 0) is 0 Å². The van der Waals surface area contributed by atoms with E-state index in [0.29, 0.717) is 0 Å². The average molecular weight is 216 g/mol. The number of aromatic nitrogens is 1. The summed E-state index contributed by atoms with van der Waals surface area (Å²) in [6.45, 7) is 1.00. The van der Waals surface area contributed by atoms with Gasteiger partial charge in [0.25, 0.3) is 0 Å². The standard InChI is InChI=1S/C14H20N2/c1-2-4-8-13(7-3-1)10-12-16-14-9-5-6-11-15-14/h5-7,9,11H,1-4,8,10,12H2,(H,15,16). The Morgan fingerprint density at radius 3 is 3.06 bits per heavy atom. The first kappa shape index (κ1) is 11.2. The number of hydrogen-bond acceptors (Lipinski definition) is 2. The van der Waals surface area contributed by atoms with Crippen LogP contribution >= 0.6 is 0 Å². The zero-order valence-electron chi connectivity index (χ0n) is 9.78. The van der Waals surface area contributed by atoms with Crippen molar-refractivity contribution in [1.82, 2.24) is 4.98 Å². The van der Waals surface area contributed by atoms with Gasteiger partial charge in [-0.1, -0.05) is 24.1 Å². The van der Waals surface area contributed by atoms with Crippen LogP contribution in [0.25, 0.3) is 0 Å². The lowest BCUT2D eigenvalue weighted by atomic mass is 10.1. The highest BCUT2D eigenvalue weighted by molar-refractivity contribution is 5.33. The Balaban J connectivity index is 1.73. The number of pyridine rings is 1. The largest absolute Gasteiger partial charge is 0.370 e. The van der Waals surface area contributed by atoms with Gasteiger partial charge < -0.3 is 5.32 Å². The van der Waals surface area contributed by atoms with E-state index in [1.807, 2.05) is 24.4 Å². The average Bonchev–Trinajstić information content (AvgIpc) is 2.59. The molecule has 1 N–H and O–H groups in total. The van der Waals surface area contributed by atoms with Gasteiger partial charge in [0, 0.05) is 12.7 Å². The monoisotopic (exact) mass is 216 g/mol. The van der Waals surface area contributed by atoms with E-state index in [-0.39, 0.29) is 0 Å². The van der Waals surface area contributed by atoms with Crippen LogP contribution in [0.15, 0.2) is 36.0 Å². The summed E-state index contributed by atoms with van der Waals surface area (Å²) in [6, 6.07) is 5.97. The van der Waals surface area contributed by atoms with Gasteiger partial charge >= 0.3 is 0 Å². The Morgan fingerprint density at radius 2 is 2.19 bits per heavy atom. The summed E-state index contributed by atoms with van der Waals surface area (Å²) in [5.74, 6) is 0.983. The van der Waals surface area contributed by atoms with Crippen molar-refractivity contribution < 1.29 is 0 Å². The summed E-state index contributed by atoms with van der Waals surface area (Å²) in [4.78, 5) is 4.25. The number of nitrogens with zero attached hydrogens (tertiary/aromatic N) is 1. The SMILES string of the molecule is C1=C(CCNc2ccccn2)CCCCC1. The zero-order chi connectivity index (χ0) is 11.1. The summed E-state index contributed by atoms with van der Waals surface area (Å²) in [6.07, 6.45) is 12.1. The Kier molecular flexibility index (Phi) is 4.41. The fourth-order valence-corrected chi connectivity index (χ4v) is 2.13. The number of allylic oxidation sites excluding steroid dienone is 1. The minimum absolute atomic E-state index is 0.983. The first-order chi connectivity index (χ1) is 7.95. The quantitative estimate of drug-likeness (QED) is 0.775. The second kappa shape index (κ2) is 6.31. The van der Waals surface area contributed by atoms with E-state index in [4.69, 9.17) is 0 Å². The Labute approximate surface area is 97.8 Å². The lowest BCUT2D eigenvalue weighted by molar-refractivity contribution is 0.704. The molecule has 16 heavy (non-hydrogen) atoms. The third-order valence-electron chi connectivity index (χ3n) is 3.05. The second-order valence-corrected chi connectivity index (χ2v) is 4.35. The molecule has 1 aromatic heterocycles. The maximum atomic E-state index is 4.25. The number of anilines is 1. The minimum Gasteiger partial charge on any atom is -0.370 e. The maximum Gasteiger partial charge on any atom is 0.125 e. The van der Waals surface area contributed by atoms with Gasteiger partial charge in [-0.15, -0.1) is 0 Å². The van der Waals surface area contributed by atoms with E-state index in [9.17, 15) is 0 Å². The lowest BCUT2D eigenvalue weighted by Crippen LogP contribution is -2.04. The van der Waals surface area contributed by atoms with Gasteiger partial charge in [0.2, 0.25) is 0 Å². The molecule has 0 radical (unpaired) electrons. The van der Waals surface area contributed by atoms with Crippen LogP contribution in [0, 0.1) is 0 Å². The highest BCUT2D eigenvalue weighted by Gasteiger charge is 2.02. The smallest absolute Gasteiger partial charge is 0.125 e. The predicted octanol–water partition coefficient (Wildman–Crippen LogP) is 3.77. The molecular formula is C14H20N2. The van der Waals surface area contributed by atoms with Gasteiger partial charge in [-0.05, 0) is 44.2 Å². The van der Waals surface area contributed by atoms with Crippen molar-refractivity contribution in [3.63, 3.8) is 0 Å². The van der Waals surface area contributed by atoms with E-state index in [1.165, 1.54) is 32.1 Å². The third kappa shape index (κ3) is 3.69. The maximum absolute atomic E-state index is 4.25. The van der Waals surface area contributed by atoms with E-state index in [0.717, 1.165) is 18.8 Å². The molecule has 0 fully saturated rings. The van der Waals surface area contributed by atoms with Crippen molar-refractivity contribution in [3.05, 3.63) is 36.0 Å².